The summed E-state index contributed by atoms with van der Waals surface area (Å²) in [7, 11) is 0. The standard InChI is InChI=1S/C42H81NO4/c1-3-5-7-9-11-13-15-16-17-18-19-20-21-22-23-24-25-27-29-31-33-35-37-41(46)43-39(38-44)42(47)40(45)36-34-32-30-28-26-14-12-10-8-6-4-2/h21-22,28,30,39-40,42,44-45,47H,3-20,23-27,29,31-38H2,1-2H3,(H,43,46)/b22-21-,30-28+. The average molecular weight is 664 g/mol. The van der Waals surface area contributed by atoms with Gasteiger partial charge in [-0.05, 0) is 64.2 Å². The molecule has 3 unspecified atom stereocenters. The first-order valence-corrected chi connectivity index (χ1v) is 20.6. The molecule has 0 rings (SSSR count). The second-order valence-electron chi connectivity index (χ2n) is 14.2. The van der Waals surface area contributed by atoms with Gasteiger partial charge in [-0.2, -0.15) is 0 Å². The van der Waals surface area contributed by atoms with Gasteiger partial charge in [-0.25, -0.2) is 0 Å². The predicted molar refractivity (Wildman–Crippen MR) is 204 cm³/mol. The highest BCUT2D eigenvalue weighted by molar-refractivity contribution is 5.76. The van der Waals surface area contributed by atoms with Gasteiger partial charge in [0.15, 0.2) is 0 Å². The highest BCUT2D eigenvalue weighted by atomic mass is 16.3. The molecule has 0 saturated heterocycles. The zero-order valence-corrected chi connectivity index (χ0v) is 31.4. The number of unbranched alkanes of at least 4 members (excludes halogenated alkanes) is 25. The van der Waals surface area contributed by atoms with E-state index in [9.17, 15) is 20.1 Å². The fourth-order valence-corrected chi connectivity index (χ4v) is 6.27. The number of hydrogen-bond donors (Lipinski definition) is 4. The molecule has 5 heteroatoms. The van der Waals surface area contributed by atoms with Crippen molar-refractivity contribution in [1.29, 1.82) is 0 Å². The lowest BCUT2D eigenvalue weighted by Crippen LogP contribution is -2.50. The Hall–Kier alpha value is -1.17. The summed E-state index contributed by atoms with van der Waals surface area (Å²) in [5, 5.41) is 33.3. The summed E-state index contributed by atoms with van der Waals surface area (Å²) in [4.78, 5) is 12.4. The molecule has 0 bridgehead atoms. The van der Waals surface area contributed by atoms with E-state index in [1.165, 1.54) is 148 Å². The molecule has 4 N–H and O–H groups in total. The molecule has 0 fully saturated rings. The van der Waals surface area contributed by atoms with Crippen LogP contribution >= 0.6 is 0 Å². The van der Waals surface area contributed by atoms with Crippen molar-refractivity contribution in [3.05, 3.63) is 24.3 Å². The van der Waals surface area contributed by atoms with Crippen molar-refractivity contribution in [2.75, 3.05) is 6.61 Å². The van der Waals surface area contributed by atoms with Crippen LogP contribution in [0.25, 0.3) is 0 Å². The Labute approximate surface area is 292 Å². The first-order valence-electron chi connectivity index (χ1n) is 20.6. The monoisotopic (exact) mass is 664 g/mol. The van der Waals surface area contributed by atoms with Crippen LogP contribution in [-0.2, 0) is 4.79 Å². The zero-order valence-electron chi connectivity index (χ0n) is 31.4. The van der Waals surface area contributed by atoms with E-state index in [2.05, 4.69) is 43.5 Å². The van der Waals surface area contributed by atoms with Crippen molar-refractivity contribution in [2.24, 2.45) is 0 Å². The Morgan fingerprint density at radius 1 is 0.511 bits per heavy atom. The smallest absolute Gasteiger partial charge is 0.220 e. The van der Waals surface area contributed by atoms with Crippen LogP contribution < -0.4 is 5.32 Å². The Kier molecular flexibility index (Phi) is 36.7. The van der Waals surface area contributed by atoms with E-state index in [1.807, 2.05) is 0 Å². The van der Waals surface area contributed by atoms with Crippen LogP contribution in [-0.4, -0.2) is 46.1 Å². The number of nitrogens with one attached hydrogen (secondary N) is 1. The molecule has 3 atom stereocenters. The van der Waals surface area contributed by atoms with E-state index < -0.39 is 18.2 Å². The van der Waals surface area contributed by atoms with E-state index in [1.54, 1.807) is 0 Å². The second-order valence-corrected chi connectivity index (χ2v) is 14.2. The highest BCUT2D eigenvalue weighted by Crippen LogP contribution is 2.14. The number of aliphatic hydroxyl groups is 3. The summed E-state index contributed by atoms with van der Waals surface area (Å²) in [6, 6.07) is -0.825. The summed E-state index contributed by atoms with van der Waals surface area (Å²) in [6.45, 7) is 4.14. The van der Waals surface area contributed by atoms with Crippen molar-refractivity contribution in [3.8, 4) is 0 Å². The van der Waals surface area contributed by atoms with Crippen LogP contribution in [0.3, 0.4) is 0 Å². The maximum Gasteiger partial charge on any atom is 0.220 e. The minimum Gasteiger partial charge on any atom is -0.394 e. The van der Waals surface area contributed by atoms with Crippen molar-refractivity contribution >= 4 is 5.91 Å². The van der Waals surface area contributed by atoms with E-state index in [4.69, 9.17) is 0 Å². The lowest BCUT2D eigenvalue weighted by molar-refractivity contribution is -0.124. The van der Waals surface area contributed by atoms with Crippen molar-refractivity contribution in [1.82, 2.24) is 5.32 Å². The topological polar surface area (TPSA) is 89.8 Å². The maximum atomic E-state index is 12.4. The van der Waals surface area contributed by atoms with Crippen LogP contribution in [0.5, 0.6) is 0 Å². The third kappa shape index (κ3) is 33.1. The number of hydrogen-bond acceptors (Lipinski definition) is 4. The van der Waals surface area contributed by atoms with Gasteiger partial charge in [0.05, 0.1) is 18.8 Å². The lowest BCUT2D eigenvalue weighted by atomic mass is 10.0. The molecule has 47 heavy (non-hydrogen) atoms. The summed E-state index contributed by atoms with van der Waals surface area (Å²) in [5.74, 6) is -0.159. The summed E-state index contributed by atoms with van der Waals surface area (Å²) < 4.78 is 0. The molecule has 0 aromatic rings. The van der Waals surface area contributed by atoms with Gasteiger partial charge >= 0.3 is 0 Å². The second kappa shape index (κ2) is 37.6. The van der Waals surface area contributed by atoms with Gasteiger partial charge < -0.3 is 20.6 Å². The summed E-state index contributed by atoms with van der Waals surface area (Å²) in [5.41, 5.74) is 0. The molecule has 0 aliphatic carbocycles. The minimum atomic E-state index is -1.16. The molecule has 5 nitrogen and oxygen atoms in total. The van der Waals surface area contributed by atoms with Gasteiger partial charge in [0, 0.05) is 6.42 Å². The van der Waals surface area contributed by atoms with E-state index in [-0.39, 0.29) is 12.5 Å². The molecule has 278 valence electrons. The number of rotatable bonds is 37. The third-order valence-electron chi connectivity index (χ3n) is 9.53. The lowest BCUT2D eigenvalue weighted by Gasteiger charge is -2.26. The number of allylic oxidation sites excluding steroid dienone is 4. The van der Waals surface area contributed by atoms with Crippen LogP contribution in [0.15, 0.2) is 24.3 Å². The molecule has 0 radical (unpaired) electrons. The van der Waals surface area contributed by atoms with Crippen LogP contribution in [0.2, 0.25) is 0 Å². The summed E-state index contributed by atoms with van der Waals surface area (Å²) >= 11 is 0. The molecule has 0 heterocycles. The molecule has 0 aromatic carbocycles. The van der Waals surface area contributed by atoms with Crippen LogP contribution in [0.1, 0.15) is 213 Å². The molecule has 0 aliphatic heterocycles. The summed E-state index contributed by atoms with van der Waals surface area (Å²) in [6.07, 6.45) is 44.3. The molecular weight excluding hydrogens is 582 g/mol. The molecular formula is C42H81NO4. The number of carbonyl (C=O) groups excluding carboxylic acids is 1. The minimum absolute atomic E-state index is 0.159. The molecule has 0 saturated carbocycles. The van der Waals surface area contributed by atoms with Gasteiger partial charge in [0.1, 0.15) is 6.10 Å². The zero-order chi connectivity index (χ0) is 34.5. The largest absolute Gasteiger partial charge is 0.394 e. The van der Waals surface area contributed by atoms with Crippen molar-refractivity contribution in [3.63, 3.8) is 0 Å². The van der Waals surface area contributed by atoms with E-state index in [0.717, 1.165) is 38.5 Å². The SMILES string of the molecule is CCCCCCCC/C=C/CCCC(O)C(O)C(CO)NC(=O)CCCCCCCCC/C=C\CCCCCCCCCCCCC. The molecule has 0 spiro atoms. The molecule has 1 amide bonds. The van der Waals surface area contributed by atoms with Gasteiger partial charge in [-0.3, -0.25) is 4.79 Å². The normalized spacial score (nSPS) is 13.9. The van der Waals surface area contributed by atoms with Crippen molar-refractivity contribution < 1.29 is 20.1 Å². The van der Waals surface area contributed by atoms with Gasteiger partial charge in [0.2, 0.25) is 5.91 Å². The number of amides is 1. The Bertz CT molecular complexity index is 694. The van der Waals surface area contributed by atoms with E-state index >= 15 is 0 Å². The maximum absolute atomic E-state index is 12.4. The van der Waals surface area contributed by atoms with Crippen LogP contribution in [0, 0.1) is 0 Å². The van der Waals surface area contributed by atoms with Gasteiger partial charge in [-0.15, -0.1) is 0 Å². The molecule has 0 aromatic heterocycles. The third-order valence-corrected chi connectivity index (χ3v) is 9.53. The van der Waals surface area contributed by atoms with Gasteiger partial charge in [0.25, 0.3) is 0 Å². The Morgan fingerprint density at radius 2 is 0.851 bits per heavy atom. The van der Waals surface area contributed by atoms with E-state index in [0.29, 0.717) is 12.8 Å². The first kappa shape index (κ1) is 45.8. The van der Waals surface area contributed by atoms with Crippen molar-refractivity contribution in [2.45, 2.75) is 231 Å². The number of aliphatic hydroxyl groups excluding tert-OH is 3. The predicted octanol–water partition coefficient (Wildman–Crippen LogP) is 11.4. The Balaban J connectivity index is 3.64. The molecule has 0 aliphatic rings. The Morgan fingerprint density at radius 3 is 1.23 bits per heavy atom. The fraction of sp³-hybridized carbons (Fsp3) is 0.881. The van der Waals surface area contributed by atoms with Gasteiger partial charge in [-0.1, -0.05) is 167 Å². The fourth-order valence-electron chi connectivity index (χ4n) is 6.27. The first-order chi connectivity index (χ1) is 23.1. The highest BCUT2D eigenvalue weighted by Gasteiger charge is 2.26. The average Bonchev–Trinajstić information content (AvgIpc) is 3.07. The van der Waals surface area contributed by atoms with Crippen LogP contribution in [0.4, 0.5) is 0 Å². The quantitative estimate of drug-likeness (QED) is 0.0393. The number of carbonyl (C=O) groups is 1.